The molecule has 1 rings (SSSR count). The molecule has 17 heavy (non-hydrogen) atoms. The van der Waals surface area contributed by atoms with Crippen LogP contribution in [0.25, 0.3) is 0 Å². The van der Waals surface area contributed by atoms with Crippen molar-refractivity contribution < 1.29 is 22.0 Å². The van der Waals surface area contributed by atoms with Gasteiger partial charge in [-0.05, 0) is 13.5 Å². The number of hydrogen-bond acceptors (Lipinski definition) is 4. The molecule has 98 valence electrons. The molecule has 1 heterocycles. The number of halogens is 5. The topological polar surface area (TPSA) is 37.8 Å². The maximum absolute atomic E-state index is 12.9. The van der Waals surface area contributed by atoms with Gasteiger partial charge < -0.3 is 5.32 Å². The van der Waals surface area contributed by atoms with Crippen LogP contribution < -0.4 is 5.32 Å². The quantitative estimate of drug-likeness (QED) is 0.859. The standard InChI is InChI=1S/C8H10F5N3S/c1-3-14-4(2)5-15-16-6(17-5)7(9,10)8(11,12)13/h4,14H,3H2,1-2H3. The molecule has 0 fully saturated rings. The normalized spacial score (nSPS) is 15.0. The van der Waals surface area contributed by atoms with Crippen LogP contribution in [0.1, 0.15) is 29.9 Å². The minimum absolute atomic E-state index is 0.103. The van der Waals surface area contributed by atoms with Crippen molar-refractivity contribution in [2.24, 2.45) is 0 Å². The highest BCUT2D eigenvalue weighted by Crippen LogP contribution is 2.45. The van der Waals surface area contributed by atoms with E-state index in [9.17, 15) is 22.0 Å². The zero-order valence-electron chi connectivity index (χ0n) is 8.98. The molecular weight excluding hydrogens is 265 g/mol. The molecule has 0 spiro atoms. The van der Waals surface area contributed by atoms with E-state index >= 15 is 0 Å². The SMILES string of the molecule is CCNC(C)c1nnc(C(F)(F)C(F)(F)F)s1. The Bertz CT molecular complexity index is 375. The zero-order chi connectivity index (χ0) is 13.3. The molecule has 0 aliphatic rings. The molecule has 1 atom stereocenters. The Labute approximate surface area is 98.0 Å². The van der Waals surface area contributed by atoms with Gasteiger partial charge in [0.05, 0.1) is 6.04 Å². The molecule has 0 radical (unpaired) electrons. The fourth-order valence-electron chi connectivity index (χ4n) is 1.05. The summed E-state index contributed by atoms with van der Waals surface area (Å²) >= 11 is 0.260. The number of rotatable bonds is 4. The molecule has 0 saturated carbocycles. The number of nitrogens with one attached hydrogen (secondary N) is 1. The van der Waals surface area contributed by atoms with Gasteiger partial charge in [-0.25, -0.2) is 0 Å². The predicted octanol–water partition coefficient (Wildman–Crippen LogP) is 2.86. The van der Waals surface area contributed by atoms with Gasteiger partial charge in [0.2, 0.25) is 0 Å². The van der Waals surface area contributed by atoms with Crippen LogP contribution in [0, 0.1) is 0 Å². The van der Waals surface area contributed by atoms with Crippen molar-refractivity contribution in [1.82, 2.24) is 15.5 Å². The molecule has 9 heteroatoms. The first-order valence-electron chi connectivity index (χ1n) is 4.72. The van der Waals surface area contributed by atoms with Gasteiger partial charge in [0.25, 0.3) is 0 Å². The number of alkyl halides is 5. The number of nitrogens with zero attached hydrogens (tertiary/aromatic N) is 2. The van der Waals surface area contributed by atoms with Gasteiger partial charge in [0.15, 0.2) is 5.01 Å². The first-order valence-corrected chi connectivity index (χ1v) is 5.53. The summed E-state index contributed by atoms with van der Waals surface area (Å²) in [6.45, 7) is 3.94. The second-order valence-corrected chi connectivity index (χ2v) is 4.31. The van der Waals surface area contributed by atoms with E-state index in [0.717, 1.165) is 0 Å². The van der Waals surface area contributed by atoms with E-state index in [-0.39, 0.29) is 16.3 Å². The lowest BCUT2D eigenvalue weighted by molar-refractivity contribution is -0.289. The third-order valence-electron chi connectivity index (χ3n) is 1.95. The monoisotopic (exact) mass is 275 g/mol. The van der Waals surface area contributed by atoms with E-state index in [0.29, 0.717) is 6.54 Å². The third-order valence-corrected chi connectivity index (χ3v) is 3.12. The van der Waals surface area contributed by atoms with Crippen LogP contribution in [0.5, 0.6) is 0 Å². The van der Waals surface area contributed by atoms with E-state index in [1.165, 1.54) is 0 Å². The molecule has 0 saturated heterocycles. The minimum atomic E-state index is -5.65. The Morgan fingerprint density at radius 1 is 1.24 bits per heavy atom. The van der Waals surface area contributed by atoms with E-state index in [1.807, 2.05) is 0 Å². The van der Waals surface area contributed by atoms with Gasteiger partial charge in [-0.2, -0.15) is 22.0 Å². The van der Waals surface area contributed by atoms with Gasteiger partial charge in [0.1, 0.15) is 5.01 Å². The second kappa shape index (κ2) is 4.81. The molecule has 0 amide bonds. The van der Waals surface area contributed by atoms with Crippen molar-refractivity contribution in [2.75, 3.05) is 6.54 Å². The van der Waals surface area contributed by atoms with Crippen molar-refractivity contribution in [1.29, 1.82) is 0 Å². The lowest BCUT2D eigenvalue weighted by atomic mass is 10.3. The fourth-order valence-corrected chi connectivity index (χ4v) is 1.92. The summed E-state index contributed by atoms with van der Waals surface area (Å²) in [7, 11) is 0. The Kier molecular flexibility index (Phi) is 4.03. The molecule has 1 unspecified atom stereocenters. The van der Waals surface area contributed by atoms with E-state index < -0.39 is 23.1 Å². The summed E-state index contributed by atoms with van der Waals surface area (Å²) in [5.41, 5.74) is 0. The summed E-state index contributed by atoms with van der Waals surface area (Å²) in [6.07, 6.45) is -5.65. The summed E-state index contributed by atoms with van der Waals surface area (Å²) in [4.78, 5) is 0. The summed E-state index contributed by atoms with van der Waals surface area (Å²) in [6, 6.07) is -0.407. The smallest absolute Gasteiger partial charge is 0.308 e. The lowest BCUT2D eigenvalue weighted by Crippen LogP contribution is -2.33. The maximum Gasteiger partial charge on any atom is 0.460 e. The van der Waals surface area contributed by atoms with E-state index in [2.05, 4.69) is 15.5 Å². The number of hydrogen-bond donors (Lipinski definition) is 1. The first kappa shape index (κ1) is 14.2. The number of aromatic nitrogens is 2. The van der Waals surface area contributed by atoms with Gasteiger partial charge in [-0.1, -0.05) is 18.3 Å². The van der Waals surface area contributed by atoms with Gasteiger partial charge in [-0.15, -0.1) is 10.2 Å². The molecule has 0 aromatic carbocycles. The van der Waals surface area contributed by atoms with Crippen molar-refractivity contribution in [3.8, 4) is 0 Å². The van der Waals surface area contributed by atoms with Crippen LogP contribution in [0.3, 0.4) is 0 Å². The van der Waals surface area contributed by atoms with E-state index in [4.69, 9.17) is 0 Å². The third kappa shape index (κ3) is 2.89. The van der Waals surface area contributed by atoms with Crippen molar-refractivity contribution in [3.63, 3.8) is 0 Å². The second-order valence-electron chi connectivity index (χ2n) is 3.30. The zero-order valence-corrected chi connectivity index (χ0v) is 9.79. The Morgan fingerprint density at radius 2 is 1.82 bits per heavy atom. The van der Waals surface area contributed by atoms with Crippen LogP contribution in [0.15, 0.2) is 0 Å². The average Bonchev–Trinajstić information content (AvgIpc) is 2.65. The van der Waals surface area contributed by atoms with Crippen LogP contribution in [-0.4, -0.2) is 22.9 Å². The highest BCUT2D eigenvalue weighted by atomic mass is 32.1. The molecule has 1 aromatic heterocycles. The molecule has 0 aliphatic heterocycles. The van der Waals surface area contributed by atoms with Gasteiger partial charge in [0, 0.05) is 0 Å². The van der Waals surface area contributed by atoms with Crippen LogP contribution in [0.2, 0.25) is 0 Å². The van der Waals surface area contributed by atoms with Crippen LogP contribution in [0.4, 0.5) is 22.0 Å². The summed E-state index contributed by atoms with van der Waals surface area (Å²) in [5.74, 6) is -4.95. The van der Waals surface area contributed by atoms with Crippen LogP contribution >= 0.6 is 11.3 Å². The molecule has 0 bridgehead atoms. The molecule has 0 aliphatic carbocycles. The van der Waals surface area contributed by atoms with Crippen molar-refractivity contribution in [2.45, 2.75) is 32.0 Å². The largest absolute Gasteiger partial charge is 0.460 e. The average molecular weight is 275 g/mol. The van der Waals surface area contributed by atoms with Gasteiger partial charge in [-0.3, -0.25) is 0 Å². The Balaban J connectivity index is 2.95. The molecule has 1 N–H and O–H groups in total. The molecule has 1 aromatic rings. The predicted molar refractivity (Wildman–Crippen MR) is 51.9 cm³/mol. The minimum Gasteiger partial charge on any atom is -0.308 e. The van der Waals surface area contributed by atoms with Gasteiger partial charge >= 0.3 is 12.1 Å². The fraction of sp³-hybridized carbons (Fsp3) is 0.750. The highest BCUT2D eigenvalue weighted by molar-refractivity contribution is 7.11. The lowest BCUT2D eigenvalue weighted by Gasteiger charge is -2.15. The van der Waals surface area contributed by atoms with Crippen molar-refractivity contribution in [3.05, 3.63) is 10.0 Å². The van der Waals surface area contributed by atoms with E-state index in [1.54, 1.807) is 13.8 Å². The Morgan fingerprint density at radius 3 is 2.29 bits per heavy atom. The maximum atomic E-state index is 12.9. The first-order chi connectivity index (χ1) is 7.70. The molecule has 3 nitrogen and oxygen atoms in total. The van der Waals surface area contributed by atoms with Crippen molar-refractivity contribution >= 4 is 11.3 Å². The Hall–Kier alpha value is -0.830. The van der Waals surface area contributed by atoms with Crippen LogP contribution in [-0.2, 0) is 5.92 Å². The highest BCUT2D eigenvalue weighted by Gasteiger charge is 2.61. The summed E-state index contributed by atoms with van der Waals surface area (Å²) in [5, 5.41) is 7.88. The molecular formula is C8H10F5N3S. The summed E-state index contributed by atoms with van der Waals surface area (Å²) < 4.78 is 61.9.